The van der Waals surface area contributed by atoms with Gasteiger partial charge < -0.3 is 4.74 Å². The molecule has 0 bridgehead atoms. The van der Waals surface area contributed by atoms with Gasteiger partial charge >= 0.3 is 0 Å². The Balaban J connectivity index is 1.88. The number of benzene rings is 2. The average Bonchev–Trinajstić information content (AvgIpc) is 2.54. The van der Waals surface area contributed by atoms with Crippen LogP contribution in [0, 0.1) is 0 Å². The summed E-state index contributed by atoms with van der Waals surface area (Å²) in [5.41, 5.74) is 1.11. The predicted molar refractivity (Wildman–Crippen MR) is 103 cm³/mol. The fourth-order valence-corrected chi connectivity index (χ4v) is 4.89. The van der Waals surface area contributed by atoms with Crippen LogP contribution < -0.4 is 9.46 Å². The molecule has 0 atom stereocenters. The fourth-order valence-electron chi connectivity index (χ4n) is 2.00. The van der Waals surface area contributed by atoms with Gasteiger partial charge in [-0.25, -0.2) is 13.1 Å². The van der Waals surface area contributed by atoms with Crippen molar-refractivity contribution in [1.29, 1.82) is 0 Å². The summed E-state index contributed by atoms with van der Waals surface area (Å²) in [4.78, 5) is 0.124. The van der Waals surface area contributed by atoms with E-state index >= 15 is 0 Å². The minimum atomic E-state index is -3.62. The van der Waals surface area contributed by atoms with E-state index in [1.807, 2.05) is 24.3 Å². The molecule has 8 heteroatoms. The summed E-state index contributed by atoms with van der Waals surface area (Å²) in [6.07, 6.45) is 0. The molecule has 24 heavy (non-hydrogen) atoms. The van der Waals surface area contributed by atoms with Gasteiger partial charge in [-0.05, 0) is 35.9 Å². The molecule has 130 valence electrons. The second kappa shape index (κ2) is 9.10. The number of halogens is 2. The number of hydrogen-bond acceptors (Lipinski definition) is 4. The Morgan fingerprint density at radius 2 is 2.04 bits per heavy atom. The maximum atomic E-state index is 12.4. The van der Waals surface area contributed by atoms with E-state index in [2.05, 4.69) is 20.7 Å². The van der Waals surface area contributed by atoms with Gasteiger partial charge in [0.05, 0.1) is 7.11 Å². The highest BCUT2D eigenvalue weighted by Gasteiger charge is 2.19. The van der Waals surface area contributed by atoms with Gasteiger partial charge in [-0.2, -0.15) is 11.8 Å². The normalized spacial score (nSPS) is 11.5. The van der Waals surface area contributed by atoms with Gasteiger partial charge in [0.15, 0.2) is 0 Å². The zero-order valence-electron chi connectivity index (χ0n) is 13.0. The van der Waals surface area contributed by atoms with Gasteiger partial charge in [-0.1, -0.05) is 39.7 Å². The van der Waals surface area contributed by atoms with Gasteiger partial charge in [-0.3, -0.25) is 0 Å². The summed E-state index contributed by atoms with van der Waals surface area (Å²) >= 11 is 10.9. The van der Waals surface area contributed by atoms with Crippen molar-refractivity contribution in [3.05, 3.63) is 57.5 Å². The van der Waals surface area contributed by atoms with Crippen LogP contribution in [0.15, 0.2) is 51.8 Å². The summed E-state index contributed by atoms with van der Waals surface area (Å²) in [6.45, 7) is 0.337. The van der Waals surface area contributed by atoms with Crippen molar-refractivity contribution in [1.82, 2.24) is 4.72 Å². The molecule has 0 aromatic heterocycles. The van der Waals surface area contributed by atoms with Crippen LogP contribution in [0.1, 0.15) is 5.56 Å². The summed E-state index contributed by atoms with van der Waals surface area (Å²) < 4.78 is 33.2. The molecule has 0 unspecified atom stereocenters. The van der Waals surface area contributed by atoms with Gasteiger partial charge in [0, 0.05) is 27.5 Å². The summed E-state index contributed by atoms with van der Waals surface area (Å²) in [5.74, 6) is 1.75. The lowest BCUT2D eigenvalue weighted by molar-refractivity contribution is 0.402. The number of ether oxygens (including phenoxy) is 1. The summed E-state index contributed by atoms with van der Waals surface area (Å²) in [6, 6.07) is 12.5. The van der Waals surface area contributed by atoms with E-state index in [-0.39, 0.29) is 4.90 Å². The Labute approximate surface area is 160 Å². The van der Waals surface area contributed by atoms with Crippen LogP contribution in [-0.2, 0) is 15.8 Å². The number of nitrogens with one attached hydrogen (secondary N) is 1. The van der Waals surface area contributed by atoms with Crippen LogP contribution in [0.2, 0.25) is 5.02 Å². The molecule has 0 spiro atoms. The van der Waals surface area contributed by atoms with Crippen LogP contribution >= 0.6 is 39.3 Å². The molecule has 4 nitrogen and oxygen atoms in total. The molecule has 0 radical (unpaired) electrons. The minimum absolute atomic E-state index is 0.124. The summed E-state index contributed by atoms with van der Waals surface area (Å²) in [5, 5.41) is 0.704. The van der Waals surface area contributed by atoms with E-state index in [1.54, 1.807) is 23.9 Å². The Morgan fingerprint density at radius 1 is 1.25 bits per heavy atom. The number of thioether (sulfide) groups is 1. The van der Waals surface area contributed by atoms with E-state index in [4.69, 9.17) is 16.3 Å². The molecule has 0 heterocycles. The highest BCUT2D eigenvalue weighted by molar-refractivity contribution is 9.10. The second-order valence-corrected chi connectivity index (χ2v) is 9.07. The third-order valence-corrected chi connectivity index (χ3v) is 6.35. The third-order valence-electron chi connectivity index (χ3n) is 3.11. The molecule has 0 fully saturated rings. The van der Waals surface area contributed by atoms with Crippen molar-refractivity contribution in [2.45, 2.75) is 10.6 Å². The molecule has 2 aromatic rings. The largest absolute Gasteiger partial charge is 0.495 e. The molecule has 0 aliphatic rings. The Kier molecular flexibility index (Phi) is 7.43. The van der Waals surface area contributed by atoms with E-state index in [9.17, 15) is 8.42 Å². The lowest BCUT2D eigenvalue weighted by atomic mass is 10.2. The minimum Gasteiger partial charge on any atom is -0.495 e. The fraction of sp³-hybridized carbons (Fsp3) is 0.250. The van der Waals surface area contributed by atoms with Gasteiger partial charge in [-0.15, -0.1) is 0 Å². The van der Waals surface area contributed by atoms with Crippen molar-refractivity contribution in [3.8, 4) is 5.75 Å². The lowest BCUT2D eigenvalue weighted by Gasteiger charge is -2.11. The second-order valence-electron chi connectivity index (χ2n) is 4.88. The van der Waals surface area contributed by atoms with Gasteiger partial charge in [0.25, 0.3) is 0 Å². The first-order valence-corrected chi connectivity index (χ1v) is 10.9. The number of sulfonamides is 1. The van der Waals surface area contributed by atoms with Crippen LogP contribution in [0.3, 0.4) is 0 Å². The average molecular weight is 451 g/mol. The standard InChI is InChI=1S/C16H17BrClNO3S2/c1-22-15-6-5-13(17)10-16(15)24(20,21)19-7-8-23-11-12-3-2-4-14(18)9-12/h2-6,9-10,19H,7-8,11H2,1H3. The molecular weight excluding hydrogens is 434 g/mol. The summed E-state index contributed by atoms with van der Waals surface area (Å²) in [7, 11) is -2.17. The molecular formula is C16H17BrClNO3S2. The lowest BCUT2D eigenvalue weighted by Crippen LogP contribution is -2.26. The van der Waals surface area contributed by atoms with Crippen molar-refractivity contribution in [2.24, 2.45) is 0 Å². The van der Waals surface area contributed by atoms with Crippen LogP contribution in [0.25, 0.3) is 0 Å². The Bertz CT molecular complexity index is 800. The molecule has 2 aromatic carbocycles. The highest BCUT2D eigenvalue weighted by atomic mass is 79.9. The maximum Gasteiger partial charge on any atom is 0.244 e. The predicted octanol–water partition coefficient (Wildman–Crippen LogP) is 4.32. The van der Waals surface area contributed by atoms with E-state index in [0.717, 1.165) is 11.3 Å². The smallest absolute Gasteiger partial charge is 0.244 e. The van der Waals surface area contributed by atoms with Gasteiger partial charge in [0.2, 0.25) is 10.0 Å². The van der Waals surface area contributed by atoms with Gasteiger partial charge in [0.1, 0.15) is 10.6 Å². The van der Waals surface area contributed by atoms with Crippen molar-refractivity contribution in [2.75, 3.05) is 19.4 Å². The third kappa shape index (κ3) is 5.67. The van der Waals surface area contributed by atoms with E-state index in [1.165, 1.54) is 13.2 Å². The van der Waals surface area contributed by atoms with Crippen molar-refractivity contribution in [3.63, 3.8) is 0 Å². The maximum absolute atomic E-state index is 12.4. The zero-order valence-corrected chi connectivity index (χ0v) is 16.9. The monoisotopic (exact) mass is 449 g/mol. The Hall–Kier alpha value is -0.730. The topological polar surface area (TPSA) is 55.4 Å². The molecule has 0 saturated carbocycles. The molecule has 1 N–H and O–H groups in total. The van der Waals surface area contributed by atoms with Crippen molar-refractivity contribution >= 4 is 49.3 Å². The van der Waals surface area contributed by atoms with Crippen LogP contribution in [-0.4, -0.2) is 27.8 Å². The molecule has 0 aliphatic heterocycles. The van der Waals surface area contributed by atoms with Crippen LogP contribution in [0.4, 0.5) is 0 Å². The SMILES string of the molecule is COc1ccc(Br)cc1S(=O)(=O)NCCSCc1cccc(Cl)c1. The van der Waals surface area contributed by atoms with Crippen molar-refractivity contribution < 1.29 is 13.2 Å². The first-order chi connectivity index (χ1) is 11.4. The molecule has 0 saturated heterocycles. The highest BCUT2D eigenvalue weighted by Crippen LogP contribution is 2.27. The first kappa shape index (κ1) is 19.6. The Morgan fingerprint density at radius 3 is 2.75 bits per heavy atom. The van der Waals surface area contributed by atoms with E-state index < -0.39 is 10.0 Å². The number of methoxy groups -OCH3 is 1. The quantitative estimate of drug-likeness (QED) is 0.608. The van der Waals surface area contributed by atoms with E-state index in [0.29, 0.717) is 27.5 Å². The zero-order chi connectivity index (χ0) is 17.6. The van der Waals surface area contributed by atoms with Crippen LogP contribution in [0.5, 0.6) is 5.75 Å². The number of hydrogen-bond donors (Lipinski definition) is 1. The first-order valence-electron chi connectivity index (χ1n) is 7.08. The molecule has 0 amide bonds. The molecule has 0 aliphatic carbocycles. The number of rotatable bonds is 8. The molecule has 2 rings (SSSR count).